The molecule has 3 aromatic carbocycles. The summed E-state index contributed by atoms with van der Waals surface area (Å²) in [4.78, 5) is 13.5. The molecule has 130 valence electrons. The van der Waals surface area contributed by atoms with Crippen LogP contribution in [0, 0.1) is 0 Å². The Labute approximate surface area is 161 Å². The second-order valence-electron chi connectivity index (χ2n) is 6.02. The van der Waals surface area contributed by atoms with Crippen molar-refractivity contribution in [3.8, 4) is 0 Å². The Balaban J connectivity index is 0.00000225. The number of hydrogen-bond acceptors (Lipinski definition) is 1. The van der Waals surface area contributed by atoms with Gasteiger partial charge in [-0.15, -0.1) is 17.0 Å². The van der Waals surface area contributed by atoms with Gasteiger partial charge in [-0.3, -0.25) is 0 Å². The number of carbonyl (C=O) groups is 1. The van der Waals surface area contributed by atoms with E-state index >= 15 is 0 Å². The quantitative estimate of drug-likeness (QED) is 0.537. The minimum atomic E-state index is -2.69. The van der Waals surface area contributed by atoms with Crippen molar-refractivity contribution in [3.05, 3.63) is 91.0 Å². The van der Waals surface area contributed by atoms with Gasteiger partial charge >= 0.3 is 144 Å². The van der Waals surface area contributed by atoms with Crippen LogP contribution in [-0.4, -0.2) is 5.52 Å². The van der Waals surface area contributed by atoms with E-state index in [0.717, 1.165) is 6.42 Å². The first-order chi connectivity index (χ1) is 11.8. The first-order valence-corrected chi connectivity index (χ1v) is 10.5. The first kappa shape index (κ1) is 19.6. The molecule has 3 heteroatoms. The third kappa shape index (κ3) is 3.76. The molecule has 0 heterocycles. The molecule has 1 nitrogen and oxygen atoms in total. The fourth-order valence-electron chi connectivity index (χ4n) is 3.46. The van der Waals surface area contributed by atoms with Gasteiger partial charge in [0.25, 0.3) is 0 Å². The molecule has 0 spiro atoms. The van der Waals surface area contributed by atoms with Gasteiger partial charge in [-0.2, -0.15) is 0 Å². The molecule has 0 radical (unpaired) electrons. The molecule has 3 aromatic rings. The maximum absolute atomic E-state index is 13.5. The summed E-state index contributed by atoms with van der Waals surface area (Å²) in [6.07, 6.45) is 1.49. The zero-order valence-corrected chi connectivity index (χ0v) is 17.1. The van der Waals surface area contributed by atoms with Gasteiger partial charge in [0.15, 0.2) is 0 Å². The molecular weight excluding hydrogens is 391 g/mol. The van der Waals surface area contributed by atoms with Crippen LogP contribution in [-0.2, 0) is 4.79 Å². The van der Waals surface area contributed by atoms with E-state index in [9.17, 15) is 4.79 Å². The molecule has 0 amide bonds. The van der Waals surface area contributed by atoms with Crippen LogP contribution >= 0.6 is 24.2 Å². The SMILES string of the molecule is Br.CCCC(=O)[PH](c1ccccc1)(c1ccccc1)c1ccccc1. The predicted molar refractivity (Wildman–Crippen MR) is 117 cm³/mol. The topological polar surface area (TPSA) is 17.1 Å². The number of benzene rings is 3. The van der Waals surface area contributed by atoms with Crippen molar-refractivity contribution in [2.24, 2.45) is 0 Å². The van der Waals surface area contributed by atoms with Crippen molar-refractivity contribution in [3.63, 3.8) is 0 Å². The van der Waals surface area contributed by atoms with Gasteiger partial charge in [0.05, 0.1) is 0 Å². The average molecular weight is 415 g/mol. The molecule has 0 saturated carbocycles. The molecule has 0 aliphatic heterocycles. The molecule has 25 heavy (non-hydrogen) atoms. The van der Waals surface area contributed by atoms with Gasteiger partial charge in [-0.25, -0.2) is 0 Å². The van der Waals surface area contributed by atoms with E-state index in [2.05, 4.69) is 43.3 Å². The van der Waals surface area contributed by atoms with Crippen LogP contribution in [0.25, 0.3) is 0 Å². The number of halogens is 1. The van der Waals surface area contributed by atoms with Crippen molar-refractivity contribution >= 4 is 45.7 Å². The third-order valence-corrected chi connectivity index (χ3v) is 9.20. The van der Waals surface area contributed by atoms with Gasteiger partial charge in [-0.1, -0.05) is 0 Å². The third-order valence-electron chi connectivity index (χ3n) is 4.52. The van der Waals surface area contributed by atoms with Gasteiger partial charge in [0, 0.05) is 0 Å². The second-order valence-corrected chi connectivity index (χ2v) is 9.81. The Bertz CT molecular complexity index is 691. The molecule has 0 fully saturated rings. The summed E-state index contributed by atoms with van der Waals surface area (Å²) in [5.41, 5.74) is 0.383. The Kier molecular flexibility index (Phi) is 7.11. The Morgan fingerprint density at radius 3 is 1.28 bits per heavy atom. The zero-order chi connectivity index (χ0) is 16.8. The summed E-state index contributed by atoms with van der Waals surface area (Å²) in [6, 6.07) is 31.1. The van der Waals surface area contributed by atoms with E-state index in [4.69, 9.17) is 0 Å². The summed E-state index contributed by atoms with van der Waals surface area (Å²) in [5, 5.41) is 3.50. The molecule has 3 rings (SSSR count). The van der Waals surface area contributed by atoms with Crippen molar-refractivity contribution in [2.75, 3.05) is 0 Å². The van der Waals surface area contributed by atoms with Crippen LogP contribution in [0.4, 0.5) is 0 Å². The Hall–Kier alpha value is -1.76. The summed E-state index contributed by atoms with van der Waals surface area (Å²) in [6.45, 7) is 2.08. The van der Waals surface area contributed by atoms with Gasteiger partial charge < -0.3 is 0 Å². The molecule has 0 saturated heterocycles. The Morgan fingerprint density at radius 1 is 0.680 bits per heavy atom. The standard InChI is InChI=1S/C22H23OP.BrH/c1-2-12-22(23)24(19-13-6-3-7-14-19,20-15-8-4-9-16-20)21-17-10-5-11-18-21;/h3-11,13-18,24H,2,12H2,1H3;1H. The van der Waals surface area contributed by atoms with Crippen molar-refractivity contribution < 1.29 is 4.79 Å². The van der Waals surface area contributed by atoms with E-state index < -0.39 is 7.26 Å². The van der Waals surface area contributed by atoms with Crippen LogP contribution in [0.1, 0.15) is 19.8 Å². The fraction of sp³-hybridized carbons (Fsp3) is 0.136. The van der Waals surface area contributed by atoms with Crippen molar-refractivity contribution in [1.82, 2.24) is 0 Å². The van der Waals surface area contributed by atoms with Gasteiger partial charge in [-0.05, 0) is 0 Å². The first-order valence-electron chi connectivity index (χ1n) is 8.50. The van der Waals surface area contributed by atoms with Crippen molar-refractivity contribution in [2.45, 2.75) is 19.8 Å². The molecule has 0 atom stereocenters. The number of carbonyl (C=O) groups excluding carboxylic acids is 1. The van der Waals surface area contributed by atoms with Gasteiger partial charge in [0.1, 0.15) is 0 Å². The Morgan fingerprint density at radius 2 is 1.00 bits per heavy atom. The molecule has 0 aliphatic carbocycles. The molecule has 0 bridgehead atoms. The molecule has 0 aliphatic rings. The summed E-state index contributed by atoms with van der Waals surface area (Å²) >= 11 is 0. The van der Waals surface area contributed by atoms with E-state index in [1.807, 2.05) is 54.6 Å². The van der Waals surface area contributed by atoms with Crippen LogP contribution in [0.2, 0.25) is 0 Å². The van der Waals surface area contributed by atoms with E-state index in [1.165, 1.54) is 15.9 Å². The molecule has 0 aromatic heterocycles. The van der Waals surface area contributed by atoms with E-state index in [-0.39, 0.29) is 17.0 Å². The van der Waals surface area contributed by atoms with Crippen LogP contribution in [0.5, 0.6) is 0 Å². The van der Waals surface area contributed by atoms with Crippen LogP contribution in [0.15, 0.2) is 91.0 Å². The molecule has 0 unspecified atom stereocenters. The molecular formula is C22H24BrOP. The average Bonchev–Trinajstić information content (AvgIpc) is 2.65. The second kappa shape index (κ2) is 9.08. The van der Waals surface area contributed by atoms with Gasteiger partial charge in [0.2, 0.25) is 0 Å². The fourth-order valence-corrected chi connectivity index (χ4v) is 8.13. The monoisotopic (exact) mass is 414 g/mol. The van der Waals surface area contributed by atoms with Crippen LogP contribution < -0.4 is 15.9 Å². The normalized spacial score (nSPS) is 11.4. The number of hydrogen-bond donors (Lipinski definition) is 0. The van der Waals surface area contributed by atoms with E-state index in [0.29, 0.717) is 11.9 Å². The minimum absolute atomic E-state index is 0. The summed E-state index contributed by atoms with van der Waals surface area (Å²) in [7, 11) is -2.69. The van der Waals surface area contributed by atoms with Crippen LogP contribution in [0.3, 0.4) is 0 Å². The maximum atomic E-state index is 13.5. The van der Waals surface area contributed by atoms with Crippen molar-refractivity contribution in [1.29, 1.82) is 0 Å². The summed E-state index contributed by atoms with van der Waals surface area (Å²) < 4.78 is 0. The summed E-state index contributed by atoms with van der Waals surface area (Å²) in [5.74, 6) is 0. The predicted octanol–water partition coefficient (Wildman–Crippen LogP) is 4.62. The number of rotatable bonds is 6. The molecule has 0 N–H and O–H groups in total. The zero-order valence-electron chi connectivity index (χ0n) is 14.4. The van der Waals surface area contributed by atoms with E-state index in [1.54, 1.807) is 0 Å².